The van der Waals surface area contributed by atoms with Crippen LogP contribution >= 0.6 is 23.2 Å². The minimum Gasteiger partial charge on any atom is -0.482 e. The van der Waals surface area contributed by atoms with E-state index in [9.17, 15) is 4.79 Å². The maximum atomic E-state index is 11.6. The molecule has 19 heavy (non-hydrogen) atoms. The lowest BCUT2D eigenvalue weighted by Crippen LogP contribution is -2.38. The Balaban J connectivity index is 2.44. The molecule has 0 aliphatic carbocycles. The summed E-state index contributed by atoms with van der Waals surface area (Å²) in [7, 11) is 0. The number of carbonyl (C=O) groups excluding carboxylic acids is 1. The molecule has 0 radical (unpaired) electrons. The Hall–Kier alpha value is -0.970. The molecule has 1 rings (SSSR count). The van der Waals surface area contributed by atoms with Crippen LogP contribution in [-0.2, 0) is 4.79 Å². The van der Waals surface area contributed by atoms with E-state index in [4.69, 9.17) is 33.0 Å². The number of rotatable bonds is 6. The molecule has 1 aromatic rings. The predicted molar refractivity (Wildman–Crippen MR) is 75.8 cm³/mol. The number of nitrogens with one attached hydrogen (secondary N) is 1. The van der Waals surface area contributed by atoms with Crippen molar-refractivity contribution >= 4 is 29.1 Å². The molecule has 0 saturated heterocycles. The van der Waals surface area contributed by atoms with Crippen LogP contribution in [0.15, 0.2) is 18.2 Å². The van der Waals surface area contributed by atoms with E-state index in [1.165, 1.54) is 0 Å². The van der Waals surface area contributed by atoms with Crippen LogP contribution in [0.4, 0.5) is 0 Å². The molecule has 1 amide bonds. The number of amides is 1. The van der Waals surface area contributed by atoms with Gasteiger partial charge in [-0.1, -0.05) is 37.0 Å². The van der Waals surface area contributed by atoms with Gasteiger partial charge < -0.3 is 15.2 Å². The lowest BCUT2D eigenvalue weighted by molar-refractivity contribution is -0.123. The minimum absolute atomic E-state index is 0.00570. The highest BCUT2D eigenvalue weighted by Crippen LogP contribution is 2.27. The van der Waals surface area contributed by atoms with Crippen molar-refractivity contribution in [2.24, 2.45) is 5.41 Å². The summed E-state index contributed by atoms with van der Waals surface area (Å²) >= 11 is 11.7. The summed E-state index contributed by atoms with van der Waals surface area (Å²) in [6.07, 6.45) is 0. The van der Waals surface area contributed by atoms with Crippen LogP contribution in [0.25, 0.3) is 0 Å². The molecule has 0 aromatic heterocycles. The molecule has 1 aromatic carbocycles. The maximum absolute atomic E-state index is 11.6. The van der Waals surface area contributed by atoms with E-state index in [2.05, 4.69) is 5.32 Å². The summed E-state index contributed by atoms with van der Waals surface area (Å²) in [6, 6.07) is 4.79. The number of ether oxygens (including phenoxy) is 1. The average molecular weight is 306 g/mol. The van der Waals surface area contributed by atoms with Gasteiger partial charge in [0.1, 0.15) is 5.75 Å². The smallest absolute Gasteiger partial charge is 0.257 e. The first kappa shape index (κ1) is 16.1. The van der Waals surface area contributed by atoms with Crippen molar-refractivity contribution in [2.75, 3.05) is 19.8 Å². The van der Waals surface area contributed by atoms with Crippen LogP contribution in [-0.4, -0.2) is 30.8 Å². The van der Waals surface area contributed by atoms with Gasteiger partial charge in [-0.25, -0.2) is 0 Å². The molecule has 4 nitrogen and oxygen atoms in total. The van der Waals surface area contributed by atoms with Crippen molar-refractivity contribution in [3.8, 4) is 5.75 Å². The van der Waals surface area contributed by atoms with E-state index in [1.807, 2.05) is 13.8 Å². The highest BCUT2D eigenvalue weighted by atomic mass is 35.5. The van der Waals surface area contributed by atoms with Gasteiger partial charge in [0.25, 0.3) is 5.91 Å². The maximum Gasteiger partial charge on any atom is 0.257 e. The van der Waals surface area contributed by atoms with Crippen molar-refractivity contribution in [2.45, 2.75) is 13.8 Å². The zero-order valence-electron chi connectivity index (χ0n) is 10.9. The average Bonchev–Trinajstić information content (AvgIpc) is 2.37. The largest absolute Gasteiger partial charge is 0.482 e. The number of aliphatic hydroxyl groups excluding tert-OH is 1. The highest BCUT2D eigenvalue weighted by Gasteiger charge is 2.17. The van der Waals surface area contributed by atoms with Gasteiger partial charge in [-0.2, -0.15) is 0 Å². The molecule has 0 unspecified atom stereocenters. The van der Waals surface area contributed by atoms with Gasteiger partial charge in [-0.05, 0) is 12.1 Å². The van der Waals surface area contributed by atoms with Crippen LogP contribution in [0.3, 0.4) is 0 Å². The second-order valence-electron chi connectivity index (χ2n) is 4.96. The summed E-state index contributed by atoms with van der Waals surface area (Å²) in [5.41, 5.74) is -0.358. The van der Waals surface area contributed by atoms with Crippen LogP contribution in [0.2, 0.25) is 10.0 Å². The second-order valence-corrected chi connectivity index (χ2v) is 5.81. The molecule has 0 heterocycles. The number of aliphatic hydroxyl groups is 1. The SMILES string of the molecule is CC(C)(CO)CNC(=O)COc1cc(Cl)ccc1Cl. The Labute approximate surface area is 122 Å². The molecule has 0 aliphatic heterocycles. The molecule has 0 saturated carbocycles. The van der Waals surface area contributed by atoms with E-state index in [-0.39, 0.29) is 24.5 Å². The molecular weight excluding hydrogens is 289 g/mol. The quantitative estimate of drug-likeness (QED) is 0.849. The summed E-state index contributed by atoms with van der Waals surface area (Å²) in [5.74, 6) is 0.0864. The van der Waals surface area contributed by atoms with Crippen LogP contribution < -0.4 is 10.1 Å². The zero-order valence-corrected chi connectivity index (χ0v) is 12.4. The Morgan fingerprint density at radius 3 is 2.74 bits per heavy atom. The first-order valence-corrected chi connectivity index (χ1v) is 6.55. The fourth-order valence-corrected chi connectivity index (χ4v) is 1.51. The topological polar surface area (TPSA) is 58.6 Å². The summed E-state index contributed by atoms with van der Waals surface area (Å²) in [4.78, 5) is 11.6. The third-order valence-corrected chi connectivity index (χ3v) is 2.99. The van der Waals surface area contributed by atoms with Gasteiger partial charge >= 0.3 is 0 Å². The molecule has 0 atom stereocenters. The fourth-order valence-electron chi connectivity index (χ4n) is 1.18. The molecular formula is C13H17Cl2NO3. The Bertz CT molecular complexity index is 450. The van der Waals surface area contributed by atoms with Gasteiger partial charge in [-0.15, -0.1) is 0 Å². The molecule has 0 fully saturated rings. The van der Waals surface area contributed by atoms with E-state index < -0.39 is 0 Å². The Morgan fingerprint density at radius 2 is 2.11 bits per heavy atom. The number of hydrogen-bond acceptors (Lipinski definition) is 3. The third kappa shape index (κ3) is 5.68. The lowest BCUT2D eigenvalue weighted by atomic mass is 9.95. The molecule has 0 aliphatic rings. The van der Waals surface area contributed by atoms with Crippen molar-refractivity contribution in [1.29, 1.82) is 0 Å². The molecule has 0 spiro atoms. The minimum atomic E-state index is -0.358. The van der Waals surface area contributed by atoms with Crippen LogP contribution in [0.5, 0.6) is 5.75 Å². The summed E-state index contributed by atoms with van der Waals surface area (Å²) < 4.78 is 5.29. The van der Waals surface area contributed by atoms with Crippen LogP contribution in [0.1, 0.15) is 13.8 Å². The van der Waals surface area contributed by atoms with Gasteiger partial charge in [-0.3, -0.25) is 4.79 Å². The normalized spacial score (nSPS) is 11.2. The van der Waals surface area contributed by atoms with Crippen molar-refractivity contribution in [3.63, 3.8) is 0 Å². The number of benzene rings is 1. The third-order valence-electron chi connectivity index (χ3n) is 2.44. The van der Waals surface area contributed by atoms with Gasteiger partial charge in [0.15, 0.2) is 6.61 Å². The van der Waals surface area contributed by atoms with E-state index in [0.717, 1.165) is 0 Å². The van der Waals surface area contributed by atoms with Crippen molar-refractivity contribution in [3.05, 3.63) is 28.2 Å². The van der Waals surface area contributed by atoms with E-state index in [0.29, 0.717) is 22.3 Å². The van der Waals surface area contributed by atoms with Crippen LogP contribution in [0, 0.1) is 5.41 Å². The molecule has 2 N–H and O–H groups in total. The van der Waals surface area contributed by atoms with E-state index in [1.54, 1.807) is 18.2 Å². The zero-order chi connectivity index (χ0) is 14.5. The predicted octanol–water partition coefficient (Wildman–Crippen LogP) is 2.51. The first-order valence-electron chi connectivity index (χ1n) is 5.79. The highest BCUT2D eigenvalue weighted by molar-refractivity contribution is 6.34. The standard InChI is InChI=1S/C13H17Cl2NO3/c1-13(2,8-17)7-16-12(18)6-19-11-5-9(14)3-4-10(11)15/h3-5,17H,6-8H2,1-2H3,(H,16,18). The van der Waals surface area contributed by atoms with Gasteiger partial charge in [0, 0.05) is 29.7 Å². The number of hydrogen-bond donors (Lipinski definition) is 2. The molecule has 106 valence electrons. The number of carbonyl (C=O) groups is 1. The molecule has 6 heteroatoms. The van der Waals surface area contributed by atoms with Gasteiger partial charge in [0.2, 0.25) is 0 Å². The lowest BCUT2D eigenvalue weighted by Gasteiger charge is -2.21. The van der Waals surface area contributed by atoms with Crippen molar-refractivity contribution < 1.29 is 14.6 Å². The summed E-state index contributed by atoms with van der Waals surface area (Å²) in [6.45, 7) is 3.91. The Kier molecular flexibility index (Phi) is 5.91. The first-order chi connectivity index (χ1) is 8.84. The summed E-state index contributed by atoms with van der Waals surface area (Å²) in [5, 5.41) is 12.6. The monoisotopic (exact) mass is 305 g/mol. The second kappa shape index (κ2) is 6.98. The van der Waals surface area contributed by atoms with Crippen molar-refractivity contribution in [1.82, 2.24) is 5.32 Å². The fraction of sp³-hybridized carbons (Fsp3) is 0.462. The molecule has 0 bridgehead atoms. The van der Waals surface area contributed by atoms with E-state index >= 15 is 0 Å². The number of halogens is 2. The van der Waals surface area contributed by atoms with Gasteiger partial charge in [0.05, 0.1) is 5.02 Å². The Morgan fingerprint density at radius 1 is 1.42 bits per heavy atom.